The Kier molecular flexibility index (Phi) is 4.37. The second-order valence-corrected chi connectivity index (χ2v) is 4.26. The van der Waals surface area contributed by atoms with Crippen LogP contribution in [0.4, 0.5) is 5.69 Å². The predicted molar refractivity (Wildman–Crippen MR) is 73.2 cm³/mol. The van der Waals surface area contributed by atoms with E-state index in [0.29, 0.717) is 16.5 Å². The third-order valence-corrected chi connectivity index (χ3v) is 2.77. The third-order valence-electron chi connectivity index (χ3n) is 2.55. The van der Waals surface area contributed by atoms with Crippen LogP contribution in [0.15, 0.2) is 36.5 Å². The fourth-order valence-corrected chi connectivity index (χ4v) is 1.69. The molecule has 0 aliphatic heterocycles. The van der Waals surface area contributed by atoms with E-state index in [-0.39, 0.29) is 18.0 Å². The van der Waals surface area contributed by atoms with Gasteiger partial charge >= 0.3 is 5.69 Å². The molecule has 0 atom stereocenters. The average molecular weight is 295 g/mol. The van der Waals surface area contributed by atoms with Crippen molar-refractivity contribution in [2.24, 2.45) is 0 Å². The van der Waals surface area contributed by atoms with Crippen LogP contribution >= 0.6 is 11.6 Å². The van der Waals surface area contributed by atoms with Crippen LogP contribution in [0.2, 0.25) is 5.15 Å². The number of ether oxygens (including phenoxy) is 2. The molecule has 2 aromatic rings. The Bertz CT molecular complexity index is 616. The van der Waals surface area contributed by atoms with E-state index in [4.69, 9.17) is 21.1 Å². The summed E-state index contributed by atoms with van der Waals surface area (Å²) in [6.07, 6.45) is 1.49. The lowest BCUT2D eigenvalue weighted by atomic mass is 10.2. The molecule has 0 spiro atoms. The number of nitrogens with zero attached hydrogens (tertiary/aromatic N) is 2. The third kappa shape index (κ3) is 3.36. The summed E-state index contributed by atoms with van der Waals surface area (Å²) in [5.41, 5.74) is 0.565. The number of hydrogen-bond donors (Lipinski definition) is 0. The molecule has 6 nitrogen and oxygen atoms in total. The highest BCUT2D eigenvalue weighted by molar-refractivity contribution is 6.29. The van der Waals surface area contributed by atoms with E-state index in [1.54, 1.807) is 18.2 Å². The van der Waals surface area contributed by atoms with Gasteiger partial charge in [-0.25, -0.2) is 4.98 Å². The minimum Gasteiger partial charge on any atom is -0.490 e. The Hall–Kier alpha value is -2.34. The quantitative estimate of drug-likeness (QED) is 0.481. The first-order chi connectivity index (χ1) is 9.60. The highest BCUT2D eigenvalue weighted by Gasteiger charge is 2.15. The highest BCUT2D eigenvalue weighted by atomic mass is 35.5. The lowest BCUT2D eigenvalue weighted by Gasteiger charge is -2.07. The standard InChI is InChI=1S/C13H11ClN2O4/c1-19-12-4-2-9(6-11(12)16(17)18)8-20-10-3-5-13(14)15-7-10/h2-7H,8H2,1H3. The van der Waals surface area contributed by atoms with Gasteiger partial charge in [0.05, 0.1) is 18.2 Å². The van der Waals surface area contributed by atoms with Crippen molar-refractivity contribution >= 4 is 17.3 Å². The molecule has 0 bridgehead atoms. The van der Waals surface area contributed by atoms with E-state index >= 15 is 0 Å². The Morgan fingerprint density at radius 2 is 2.15 bits per heavy atom. The minimum absolute atomic E-state index is 0.0946. The van der Waals surface area contributed by atoms with Crippen LogP contribution in [0, 0.1) is 10.1 Å². The van der Waals surface area contributed by atoms with Crippen molar-refractivity contribution in [3.63, 3.8) is 0 Å². The lowest BCUT2D eigenvalue weighted by molar-refractivity contribution is -0.385. The number of nitro groups is 1. The maximum Gasteiger partial charge on any atom is 0.311 e. The summed E-state index contributed by atoms with van der Waals surface area (Å²) >= 11 is 5.66. The Labute approximate surface area is 120 Å². The number of methoxy groups -OCH3 is 1. The van der Waals surface area contributed by atoms with E-state index in [1.807, 2.05) is 0 Å². The van der Waals surface area contributed by atoms with Gasteiger partial charge in [0.15, 0.2) is 5.75 Å². The monoisotopic (exact) mass is 294 g/mol. The van der Waals surface area contributed by atoms with Gasteiger partial charge in [-0.2, -0.15) is 0 Å². The van der Waals surface area contributed by atoms with Crippen LogP contribution in [-0.4, -0.2) is 17.0 Å². The molecular weight excluding hydrogens is 284 g/mol. The fraction of sp³-hybridized carbons (Fsp3) is 0.154. The van der Waals surface area contributed by atoms with Crippen molar-refractivity contribution in [2.45, 2.75) is 6.61 Å². The molecule has 0 N–H and O–H groups in total. The van der Waals surface area contributed by atoms with Gasteiger partial charge in [-0.15, -0.1) is 0 Å². The van der Waals surface area contributed by atoms with Gasteiger partial charge in [0.1, 0.15) is 17.5 Å². The highest BCUT2D eigenvalue weighted by Crippen LogP contribution is 2.28. The van der Waals surface area contributed by atoms with Crippen LogP contribution in [0.25, 0.3) is 0 Å². The first-order valence-corrected chi connectivity index (χ1v) is 6.03. The molecule has 0 unspecified atom stereocenters. The average Bonchev–Trinajstić information content (AvgIpc) is 2.46. The SMILES string of the molecule is COc1ccc(COc2ccc(Cl)nc2)cc1[N+](=O)[O-]. The molecule has 0 aliphatic carbocycles. The smallest absolute Gasteiger partial charge is 0.311 e. The van der Waals surface area contributed by atoms with Crippen LogP contribution in [0.1, 0.15) is 5.56 Å². The van der Waals surface area contributed by atoms with Crippen molar-refractivity contribution < 1.29 is 14.4 Å². The van der Waals surface area contributed by atoms with Gasteiger partial charge in [0.25, 0.3) is 0 Å². The van der Waals surface area contributed by atoms with Crippen LogP contribution < -0.4 is 9.47 Å². The summed E-state index contributed by atoms with van der Waals surface area (Å²) < 4.78 is 10.4. The van der Waals surface area contributed by atoms with Gasteiger partial charge in [-0.1, -0.05) is 17.7 Å². The molecule has 1 aromatic carbocycles. The van der Waals surface area contributed by atoms with Gasteiger partial charge < -0.3 is 9.47 Å². The van der Waals surface area contributed by atoms with Gasteiger partial charge in [0, 0.05) is 6.07 Å². The van der Waals surface area contributed by atoms with E-state index in [2.05, 4.69) is 4.98 Å². The summed E-state index contributed by atoms with van der Waals surface area (Å²) in [6, 6.07) is 7.94. The van der Waals surface area contributed by atoms with Crippen LogP contribution in [-0.2, 0) is 6.61 Å². The Morgan fingerprint density at radius 3 is 2.75 bits per heavy atom. The summed E-state index contributed by atoms with van der Waals surface area (Å²) in [7, 11) is 1.39. The summed E-state index contributed by atoms with van der Waals surface area (Å²) in [4.78, 5) is 14.3. The molecule has 0 radical (unpaired) electrons. The molecular formula is C13H11ClN2O4. The fourth-order valence-electron chi connectivity index (χ4n) is 1.58. The maximum atomic E-state index is 10.9. The first kappa shape index (κ1) is 14.1. The Morgan fingerprint density at radius 1 is 1.35 bits per heavy atom. The molecule has 1 aromatic heterocycles. The molecule has 0 aliphatic rings. The number of rotatable bonds is 5. The number of halogens is 1. The summed E-state index contributed by atoms with van der Waals surface area (Å²) in [6.45, 7) is 0.189. The van der Waals surface area contributed by atoms with Gasteiger partial charge in [0.2, 0.25) is 0 Å². The largest absolute Gasteiger partial charge is 0.490 e. The second kappa shape index (κ2) is 6.21. The lowest BCUT2D eigenvalue weighted by Crippen LogP contribution is -1.99. The second-order valence-electron chi connectivity index (χ2n) is 3.87. The number of aromatic nitrogens is 1. The zero-order valence-corrected chi connectivity index (χ0v) is 11.3. The zero-order chi connectivity index (χ0) is 14.5. The van der Waals surface area contributed by atoms with Crippen molar-refractivity contribution in [3.05, 3.63) is 57.4 Å². The molecule has 0 amide bonds. The molecule has 1 heterocycles. The van der Waals surface area contributed by atoms with E-state index in [1.165, 1.54) is 25.4 Å². The topological polar surface area (TPSA) is 74.5 Å². The molecule has 0 fully saturated rings. The van der Waals surface area contributed by atoms with Crippen LogP contribution in [0.5, 0.6) is 11.5 Å². The maximum absolute atomic E-state index is 10.9. The number of hydrogen-bond acceptors (Lipinski definition) is 5. The first-order valence-electron chi connectivity index (χ1n) is 5.66. The normalized spacial score (nSPS) is 10.1. The van der Waals surface area contributed by atoms with Crippen molar-refractivity contribution in [3.8, 4) is 11.5 Å². The molecule has 7 heteroatoms. The molecule has 104 valence electrons. The van der Waals surface area contributed by atoms with Gasteiger partial charge in [-0.05, 0) is 23.8 Å². The van der Waals surface area contributed by atoms with Crippen molar-refractivity contribution in [2.75, 3.05) is 7.11 Å². The number of pyridine rings is 1. The Balaban J connectivity index is 2.11. The molecule has 20 heavy (non-hydrogen) atoms. The molecule has 2 rings (SSSR count). The van der Waals surface area contributed by atoms with E-state index in [0.717, 1.165) is 0 Å². The summed E-state index contributed by atoms with van der Waals surface area (Å²) in [5, 5.41) is 11.3. The minimum atomic E-state index is -0.494. The molecule has 0 saturated carbocycles. The predicted octanol–water partition coefficient (Wildman–Crippen LogP) is 3.23. The molecule has 0 saturated heterocycles. The number of benzene rings is 1. The van der Waals surface area contributed by atoms with Crippen molar-refractivity contribution in [1.82, 2.24) is 4.98 Å². The van der Waals surface area contributed by atoms with E-state index < -0.39 is 4.92 Å². The van der Waals surface area contributed by atoms with E-state index in [9.17, 15) is 10.1 Å². The zero-order valence-electron chi connectivity index (χ0n) is 10.6. The number of nitro benzene ring substituents is 1. The van der Waals surface area contributed by atoms with Crippen molar-refractivity contribution in [1.29, 1.82) is 0 Å². The summed E-state index contributed by atoms with van der Waals surface area (Å²) in [5.74, 6) is 0.750. The van der Waals surface area contributed by atoms with Gasteiger partial charge in [-0.3, -0.25) is 10.1 Å². The van der Waals surface area contributed by atoms with Crippen LogP contribution in [0.3, 0.4) is 0 Å².